The van der Waals surface area contributed by atoms with Crippen LogP contribution in [0.25, 0.3) is 11.3 Å². The highest BCUT2D eigenvalue weighted by Gasteiger charge is 2.22. The van der Waals surface area contributed by atoms with Gasteiger partial charge in [0.25, 0.3) is 5.91 Å². The van der Waals surface area contributed by atoms with E-state index in [0.717, 1.165) is 0 Å². The summed E-state index contributed by atoms with van der Waals surface area (Å²) in [7, 11) is 3.14. The third-order valence-electron chi connectivity index (χ3n) is 4.67. The van der Waals surface area contributed by atoms with Crippen LogP contribution in [-0.4, -0.2) is 73.8 Å². The topological polar surface area (TPSA) is 85.1 Å². The molecule has 0 aliphatic rings. The number of para-hydroxylation sites is 1. The molecule has 0 N–H and O–H groups in total. The number of benzene rings is 1. The minimum absolute atomic E-state index is 0.0140. The second-order valence-electron chi connectivity index (χ2n) is 6.38. The van der Waals surface area contributed by atoms with Gasteiger partial charge in [0.2, 0.25) is 5.91 Å². The minimum atomic E-state index is -0.306. The van der Waals surface area contributed by atoms with Crippen LogP contribution in [0, 0.1) is 0 Å². The van der Waals surface area contributed by atoms with Gasteiger partial charge in [0.1, 0.15) is 5.75 Å². The van der Waals surface area contributed by atoms with Gasteiger partial charge >= 0.3 is 0 Å². The Labute approximate surface area is 171 Å². The molecular weight excluding hydrogens is 374 g/mol. The zero-order chi connectivity index (χ0) is 21.2. The van der Waals surface area contributed by atoms with E-state index >= 15 is 0 Å². The lowest BCUT2D eigenvalue weighted by atomic mass is 10.1. The maximum absolute atomic E-state index is 13.0. The van der Waals surface area contributed by atoms with E-state index in [1.807, 2.05) is 38.1 Å². The smallest absolute Gasteiger partial charge is 0.276 e. The van der Waals surface area contributed by atoms with Crippen LogP contribution in [0.4, 0.5) is 0 Å². The average molecular weight is 403 g/mol. The van der Waals surface area contributed by atoms with Gasteiger partial charge in [0.05, 0.1) is 19.3 Å². The summed E-state index contributed by atoms with van der Waals surface area (Å²) >= 11 is 0. The summed E-state index contributed by atoms with van der Waals surface area (Å²) in [5.41, 5.74) is 0.888. The maximum Gasteiger partial charge on any atom is 0.276 e. The first-order valence-electron chi connectivity index (χ1n) is 9.71. The molecule has 0 radical (unpaired) electrons. The predicted octanol–water partition coefficient (Wildman–Crippen LogP) is 2.70. The van der Waals surface area contributed by atoms with E-state index in [2.05, 4.69) is 5.16 Å². The SMILES string of the molecule is CCN(CC)C(=O)CCN(CCOC)C(=O)c1cc(-c2ccccc2OC)on1. The fourth-order valence-corrected chi connectivity index (χ4v) is 2.99. The summed E-state index contributed by atoms with van der Waals surface area (Å²) in [6, 6.07) is 8.93. The van der Waals surface area contributed by atoms with Crippen LogP contribution in [0.3, 0.4) is 0 Å². The van der Waals surface area contributed by atoms with Gasteiger partial charge in [0.15, 0.2) is 11.5 Å². The van der Waals surface area contributed by atoms with Crippen molar-refractivity contribution < 1.29 is 23.6 Å². The summed E-state index contributed by atoms with van der Waals surface area (Å²) in [4.78, 5) is 28.6. The van der Waals surface area contributed by atoms with Crippen molar-refractivity contribution >= 4 is 11.8 Å². The van der Waals surface area contributed by atoms with Crippen molar-refractivity contribution in [3.05, 3.63) is 36.0 Å². The molecule has 29 heavy (non-hydrogen) atoms. The molecule has 0 aliphatic heterocycles. The van der Waals surface area contributed by atoms with Crippen LogP contribution < -0.4 is 4.74 Å². The Hall–Kier alpha value is -2.87. The maximum atomic E-state index is 13.0. The van der Waals surface area contributed by atoms with Crippen LogP contribution in [0.5, 0.6) is 5.75 Å². The number of aromatic nitrogens is 1. The lowest BCUT2D eigenvalue weighted by Crippen LogP contribution is -2.38. The van der Waals surface area contributed by atoms with Gasteiger partial charge < -0.3 is 23.8 Å². The lowest BCUT2D eigenvalue weighted by molar-refractivity contribution is -0.131. The quantitative estimate of drug-likeness (QED) is 0.573. The van der Waals surface area contributed by atoms with Gasteiger partial charge in [-0.25, -0.2) is 0 Å². The molecule has 2 aromatic rings. The second-order valence-corrected chi connectivity index (χ2v) is 6.38. The Morgan fingerprint density at radius 1 is 1.07 bits per heavy atom. The highest BCUT2D eigenvalue weighted by atomic mass is 16.5. The highest BCUT2D eigenvalue weighted by Crippen LogP contribution is 2.30. The molecule has 158 valence electrons. The second kappa shape index (κ2) is 11.2. The molecule has 2 amide bonds. The van der Waals surface area contributed by atoms with E-state index in [4.69, 9.17) is 14.0 Å². The number of nitrogens with zero attached hydrogens (tertiary/aromatic N) is 3. The van der Waals surface area contributed by atoms with E-state index in [1.54, 1.807) is 30.1 Å². The van der Waals surface area contributed by atoms with Crippen molar-refractivity contribution in [2.45, 2.75) is 20.3 Å². The van der Waals surface area contributed by atoms with Gasteiger partial charge in [-0.3, -0.25) is 9.59 Å². The van der Waals surface area contributed by atoms with E-state index in [-0.39, 0.29) is 30.5 Å². The molecule has 0 spiro atoms. The average Bonchev–Trinajstić information content (AvgIpc) is 3.24. The molecule has 0 aliphatic carbocycles. The summed E-state index contributed by atoms with van der Waals surface area (Å²) in [5, 5.41) is 3.93. The van der Waals surface area contributed by atoms with Crippen LogP contribution in [-0.2, 0) is 9.53 Å². The predicted molar refractivity (Wildman–Crippen MR) is 109 cm³/mol. The summed E-state index contributed by atoms with van der Waals surface area (Å²) < 4.78 is 15.8. The van der Waals surface area contributed by atoms with Gasteiger partial charge in [-0.1, -0.05) is 17.3 Å². The number of ether oxygens (including phenoxy) is 2. The van der Waals surface area contributed by atoms with E-state index in [9.17, 15) is 9.59 Å². The number of carbonyl (C=O) groups is 2. The number of methoxy groups -OCH3 is 2. The van der Waals surface area contributed by atoms with Crippen LogP contribution in [0.2, 0.25) is 0 Å². The van der Waals surface area contributed by atoms with E-state index in [0.29, 0.717) is 43.3 Å². The Morgan fingerprint density at radius 2 is 1.79 bits per heavy atom. The first kappa shape index (κ1) is 22.4. The third-order valence-corrected chi connectivity index (χ3v) is 4.67. The largest absolute Gasteiger partial charge is 0.496 e. The molecule has 8 nitrogen and oxygen atoms in total. The van der Waals surface area contributed by atoms with Gasteiger partial charge in [-0.05, 0) is 26.0 Å². The van der Waals surface area contributed by atoms with Gasteiger partial charge in [0, 0.05) is 45.8 Å². The molecule has 0 fully saturated rings. The van der Waals surface area contributed by atoms with Crippen molar-refractivity contribution in [2.24, 2.45) is 0 Å². The zero-order valence-electron chi connectivity index (χ0n) is 17.5. The fourth-order valence-electron chi connectivity index (χ4n) is 2.99. The van der Waals surface area contributed by atoms with Crippen molar-refractivity contribution in [3.8, 4) is 17.1 Å². The summed E-state index contributed by atoms with van der Waals surface area (Å²) in [6.45, 7) is 6.17. The number of rotatable bonds is 11. The lowest BCUT2D eigenvalue weighted by Gasteiger charge is -2.23. The molecule has 0 saturated heterocycles. The number of carbonyl (C=O) groups excluding carboxylic acids is 2. The molecule has 0 atom stereocenters. The van der Waals surface area contributed by atoms with Crippen LogP contribution in [0.1, 0.15) is 30.8 Å². The Balaban J connectivity index is 2.15. The molecule has 1 aromatic heterocycles. The molecule has 1 heterocycles. The molecule has 0 saturated carbocycles. The monoisotopic (exact) mass is 403 g/mol. The normalized spacial score (nSPS) is 10.6. The van der Waals surface area contributed by atoms with Crippen molar-refractivity contribution in [2.75, 3.05) is 47.0 Å². The third kappa shape index (κ3) is 5.80. The number of hydrogen-bond donors (Lipinski definition) is 0. The summed E-state index contributed by atoms with van der Waals surface area (Å²) in [5.74, 6) is 0.778. The number of hydrogen-bond acceptors (Lipinski definition) is 6. The molecule has 0 bridgehead atoms. The summed E-state index contributed by atoms with van der Waals surface area (Å²) in [6.07, 6.45) is 0.244. The van der Waals surface area contributed by atoms with Crippen molar-refractivity contribution in [1.29, 1.82) is 0 Å². The fraction of sp³-hybridized carbons (Fsp3) is 0.476. The van der Waals surface area contributed by atoms with Crippen LogP contribution in [0.15, 0.2) is 34.9 Å². The Bertz CT molecular complexity index is 801. The zero-order valence-corrected chi connectivity index (χ0v) is 17.5. The first-order chi connectivity index (χ1) is 14.0. The molecule has 2 rings (SSSR count). The Kier molecular flexibility index (Phi) is 8.67. The van der Waals surface area contributed by atoms with Crippen molar-refractivity contribution in [3.63, 3.8) is 0 Å². The van der Waals surface area contributed by atoms with E-state index < -0.39 is 0 Å². The molecule has 0 unspecified atom stereocenters. The molecule has 8 heteroatoms. The minimum Gasteiger partial charge on any atom is -0.496 e. The highest BCUT2D eigenvalue weighted by molar-refractivity contribution is 5.93. The van der Waals surface area contributed by atoms with Gasteiger partial charge in [-0.15, -0.1) is 0 Å². The standard InChI is InChI=1S/C21H29N3O5/c1-5-23(6-2)20(25)11-12-24(13-14-27-3)21(26)17-15-19(29-22-17)16-9-7-8-10-18(16)28-4/h7-10,15H,5-6,11-14H2,1-4H3. The molecule has 1 aromatic carbocycles. The first-order valence-corrected chi connectivity index (χ1v) is 9.71. The van der Waals surface area contributed by atoms with Crippen LogP contribution >= 0.6 is 0 Å². The number of amides is 2. The van der Waals surface area contributed by atoms with E-state index in [1.165, 1.54) is 0 Å². The molecular formula is C21H29N3O5. The Morgan fingerprint density at radius 3 is 2.45 bits per heavy atom. The van der Waals surface area contributed by atoms with Crippen molar-refractivity contribution in [1.82, 2.24) is 15.0 Å². The van der Waals surface area contributed by atoms with Gasteiger partial charge in [-0.2, -0.15) is 0 Å².